The minimum absolute atomic E-state index is 0.0811. The molecule has 0 unspecified atom stereocenters. The summed E-state index contributed by atoms with van der Waals surface area (Å²) in [7, 11) is 1.69. The number of carbonyl (C=O) groups is 1. The number of nitrogens with zero attached hydrogens (tertiary/aromatic N) is 4. The van der Waals surface area contributed by atoms with E-state index in [1.807, 2.05) is 41.3 Å². The fourth-order valence-corrected chi connectivity index (χ4v) is 4.23. The molecule has 0 atom stereocenters. The first-order chi connectivity index (χ1) is 15.1. The molecule has 1 aliphatic heterocycles. The largest absolute Gasteiger partial charge is 0.385 e. The van der Waals surface area contributed by atoms with Crippen LogP contribution >= 0.6 is 11.6 Å². The van der Waals surface area contributed by atoms with Gasteiger partial charge in [-0.15, -0.1) is 0 Å². The van der Waals surface area contributed by atoms with Gasteiger partial charge in [0.05, 0.1) is 12.0 Å². The summed E-state index contributed by atoms with van der Waals surface area (Å²) in [6, 6.07) is 11.2. The van der Waals surface area contributed by atoms with Crippen LogP contribution in [0.15, 0.2) is 53.3 Å². The Balaban J connectivity index is 1.48. The lowest BCUT2D eigenvalue weighted by atomic mass is 9.75. The third-order valence-electron chi connectivity index (χ3n) is 5.97. The van der Waals surface area contributed by atoms with Crippen molar-refractivity contribution in [3.63, 3.8) is 0 Å². The van der Waals surface area contributed by atoms with Crippen molar-refractivity contribution in [1.29, 1.82) is 0 Å². The summed E-state index contributed by atoms with van der Waals surface area (Å²) in [5.74, 6) is 1.20. The van der Waals surface area contributed by atoms with E-state index in [1.165, 1.54) is 0 Å². The minimum atomic E-state index is -0.291. The van der Waals surface area contributed by atoms with Gasteiger partial charge in [-0.25, -0.2) is 0 Å². The van der Waals surface area contributed by atoms with E-state index < -0.39 is 0 Å². The monoisotopic (exact) mass is 440 g/mol. The third kappa shape index (κ3) is 4.78. The predicted molar refractivity (Wildman–Crippen MR) is 117 cm³/mol. The Bertz CT molecular complexity index is 1020. The van der Waals surface area contributed by atoms with Gasteiger partial charge in [0, 0.05) is 49.6 Å². The van der Waals surface area contributed by atoms with E-state index in [4.69, 9.17) is 20.9 Å². The molecule has 31 heavy (non-hydrogen) atoms. The number of hydrogen-bond acceptors (Lipinski definition) is 6. The topological polar surface area (TPSA) is 81.3 Å². The van der Waals surface area contributed by atoms with Crippen LogP contribution in [0.1, 0.15) is 30.7 Å². The van der Waals surface area contributed by atoms with E-state index in [2.05, 4.69) is 15.1 Å². The highest BCUT2D eigenvalue weighted by Crippen LogP contribution is 2.38. The second kappa shape index (κ2) is 9.58. The molecule has 1 aromatic carbocycles. The summed E-state index contributed by atoms with van der Waals surface area (Å²) in [6.07, 6.45) is 5.97. The average Bonchev–Trinajstić information content (AvgIpc) is 3.31. The molecule has 3 heterocycles. The summed E-state index contributed by atoms with van der Waals surface area (Å²) in [5, 5.41) is 4.92. The van der Waals surface area contributed by atoms with E-state index in [9.17, 15) is 4.79 Å². The van der Waals surface area contributed by atoms with Crippen molar-refractivity contribution < 1.29 is 14.1 Å². The first kappa shape index (κ1) is 21.5. The van der Waals surface area contributed by atoms with Crippen LogP contribution in [0, 0.1) is 0 Å². The zero-order valence-corrected chi connectivity index (χ0v) is 18.2. The molecule has 1 fully saturated rings. The normalized spacial score (nSPS) is 15.7. The van der Waals surface area contributed by atoms with Crippen LogP contribution in [-0.4, -0.2) is 52.7 Å². The number of benzene rings is 1. The van der Waals surface area contributed by atoms with Gasteiger partial charge in [0.2, 0.25) is 5.91 Å². The van der Waals surface area contributed by atoms with Crippen LogP contribution in [0.4, 0.5) is 0 Å². The van der Waals surface area contributed by atoms with Gasteiger partial charge in [0.15, 0.2) is 5.82 Å². The second-order valence-corrected chi connectivity index (χ2v) is 8.24. The van der Waals surface area contributed by atoms with Gasteiger partial charge in [0.25, 0.3) is 5.89 Å². The lowest BCUT2D eigenvalue weighted by Crippen LogP contribution is -2.46. The molecule has 1 aliphatic rings. The van der Waals surface area contributed by atoms with Crippen molar-refractivity contribution in [2.24, 2.45) is 0 Å². The molecule has 0 aliphatic carbocycles. The Morgan fingerprint density at radius 1 is 1.23 bits per heavy atom. The smallest absolute Gasteiger partial charge is 0.259 e. The standard InChI is InChI=1S/C23H25ClN4O3/c1-30-14-10-23(22-26-21(31-27-22)18-6-4-11-25-16-18)8-12-28(13-9-23)20(29)15-17-5-2-3-7-19(17)24/h2-7,11,16H,8-10,12-15H2,1H3. The number of likely N-dealkylation sites (tertiary alicyclic amines) is 1. The molecule has 3 aromatic rings. The second-order valence-electron chi connectivity index (χ2n) is 7.84. The molecule has 8 heteroatoms. The van der Waals surface area contributed by atoms with Crippen molar-refractivity contribution in [2.75, 3.05) is 26.8 Å². The maximum atomic E-state index is 12.9. The van der Waals surface area contributed by atoms with Crippen molar-refractivity contribution in [1.82, 2.24) is 20.0 Å². The molecular formula is C23H25ClN4O3. The van der Waals surface area contributed by atoms with Crippen molar-refractivity contribution in [3.8, 4) is 11.5 Å². The molecule has 7 nitrogen and oxygen atoms in total. The molecule has 0 bridgehead atoms. The summed E-state index contributed by atoms with van der Waals surface area (Å²) < 4.78 is 10.9. The number of carbonyl (C=O) groups excluding carboxylic acids is 1. The molecular weight excluding hydrogens is 416 g/mol. The Hall–Kier alpha value is -2.77. The summed E-state index contributed by atoms with van der Waals surface area (Å²) in [5.41, 5.74) is 1.35. The SMILES string of the molecule is COCCC1(c2noc(-c3cccnc3)n2)CCN(C(=O)Cc2ccccc2Cl)CC1. The fraction of sp³-hybridized carbons (Fsp3) is 0.391. The van der Waals surface area contributed by atoms with E-state index in [1.54, 1.807) is 19.5 Å². The number of hydrogen-bond donors (Lipinski definition) is 0. The van der Waals surface area contributed by atoms with Gasteiger partial charge in [-0.05, 0) is 43.0 Å². The Labute approximate surface area is 186 Å². The molecule has 2 aromatic heterocycles. The fourth-order valence-electron chi connectivity index (χ4n) is 4.03. The van der Waals surface area contributed by atoms with E-state index in [0.29, 0.717) is 42.9 Å². The van der Waals surface area contributed by atoms with Crippen LogP contribution in [0.25, 0.3) is 11.5 Å². The average molecular weight is 441 g/mol. The number of pyridine rings is 1. The predicted octanol–water partition coefficient (Wildman–Crippen LogP) is 3.92. The number of aromatic nitrogens is 3. The van der Waals surface area contributed by atoms with Crippen LogP contribution in [0.3, 0.4) is 0 Å². The highest BCUT2D eigenvalue weighted by molar-refractivity contribution is 6.31. The zero-order valence-electron chi connectivity index (χ0n) is 17.5. The van der Waals surface area contributed by atoms with E-state index >= 15 is 0 Å². The molecule has 0 spiro atoms. The third-order valence-corrected chi connectivity index (χ3v) is 6.34. The van der Waals surface area contributed by atoms with Crippen LogP contribution in [0.5, 0.6) is 0 Å². The number of rotatable bonds is 7. The first-order valence-corrected chi connectivity index (χ1v) is 10.7. The number of ether oxygens (including phenoxy) is 1. The maximum absolute atomic E-state index is 12.9. The Morgan fingerprint density at radius 3 is 2.74 bits per heavy atom. The molecule has 162 valence electrons. The highest BCUT2D eigenvalue weighted by Gasteiger charge is 2.41. The molecule has 1 amide bonds. The van der Waals surface area contributed by atoms with Crippen LogP contribution in [-0.2, 0) is 21.4 Å². The maximum Gasteiger partial charge on any atom is 0.259 e. The van der Waals surface area contributed by atoms with Gasteiger partial charge in [-0.1, -0.05) is 35.0 Å². The Kier molecular flexibility index (Phi) is 6.63. The van der Waals surface area contributed by atoms with Gasteiger partial charge in [-0.2, -0.15) is 4.98 Å². The molecule has 0 N–H and O–H groups in total. The van der Waals surface area contributed by atoms with Gasteiger partial charge < -0.3 is 14.2 Å². The summed E-state index contributed by atoms with van der Waals surface area (Å²) in [6.45, 7) is 1.85. The quantitative estimate of drug-likeness (QED) is 0.553. The Morgan fingerprint density at radius 2 is 2.03 bits per heavy atom. The van der Waals surface area contributed by atoms with Crippen LogP contribution in [0.2, 0.25) is 5.02 Å². The van der Waals surface area contributed by atoms with Crippen LogP contribution < -0.4 is 0 Å². The number of piperidine rings is 1. The molecule has 0 radical (unpaired) electrons. The van der Waals surface area contributed by atoms with Gasteiger partial charge in [-0.3, -0.25) is 9.78 Å². The molecule has 0 saturated carbocycles. The molecule has 4 rings (SSSR count). The zero-order chi connectivity index (χ0) is 21.7. The minimum Gasteiger partial charge on any atom is -0.385 e. The van der Waals surface area contributed by atoms with Gasteiger partial charge >= 0.3 is 0 Å². The van der Waals surface area contributed by atoms with E-state index in [-0.39, 0.29) is 11.3 Å². The lowest BCUT2D eigenvalue weighted by molar-refractivity contribution is -0.132. The number of halogens is 1. The first-order valence-electron chi connectivity index (χ1n) is 10.4. The number of methoxy groups -OCH3 is 1. The van der Waals surface area contributed by atoms with Crippen molar-refractivity contribution >= 4 is 17.5 Å². The van der Waals surface area contributed by atoms with Gasteiger partial charge in [0.1, 0.15) is 0 Å². The summed E-state index contributed by atoms with van der Waals surface area (Å²) >= 11 is 6.23. The highest BCUT2D eigenvalue weighted by atomic mass is 35.5. The van der Waals surface area contributed by atoms with Crippen molar-refractivity contribution in [3.05, 3.63) is 65.2 Å². The van der Waals surface area contributed by atoms with E-state index in [0.717, 1.165) is 30.4 Å². The summed E-state index contributed by atoms with van der Waals surface area (Å²) in [4.78, 5) is 23.6. The lowest BCUT2D eigenvalue weighted by Gasteiger charge is -2.40. The number of amides is 1. The van der Waals surface area contributed by atoms with Crippen molar-refractivity contribution in [2.45, 2.75) is 31.1 Å². The molecule has 1 saturated heterocycles.